The molecule has 0 aliphatic carbocycles. The highest BCUT2D eigenvalue weighted by Crippen LogP contribution is 2.21. The maximum absolute atomic E-state index is 13.8. The molecule has 5 heteroatoms. The van der Waals surface area contributed by atoms with Crippen molar-refractivity contribution < 1.29 is 13.9 Å². The lowest BCUT2D eigenvalue weighted by atomic mass is 10.1. The minimum absolute atomic E-state index is 0.177. The largest absolute Gasteiger partial charge is 0.382 e. The van der Waals surface area contributed by atoms with E-state index in [4.69, 9.17) is 21.1 Å². The van der Waals surface area contributed by atoms with Gasteiger partial charge < -0.3 is 14.8 Å². The van der Waals surface area contributed by atoms with Crippen molar-refractivity contribution >= 4 is 11.6 Å². The predicted molar refractivity (Wildman–Crippen MR) is 70.5 cm³/mol. The van der Waals surface area contributed by atoms with Crippen LogP contribution in [0.1, 0.15) is 18.5 Å². The molecule has 0 fully saturated rings. The minimum Gasteiger partial charge on any atom is -0.382 e. The molecule has 1 aromatic carbocycles. The van der Waals surface area contributed by atoms with E-state index in [2.05, 4.69) is 5.32 Å². The van der Waals surface area contributed by atoms with Crippen LogP contribution in [0.3, 0.4) is 0 Å². The highest BCUT2D eigenvalue weighted by Gasteiger charge is 2.15. The van der Waals surface area contributed by atoms with E-state index in [-0.39, 0.29) is 11.9 Å². The summed E-state index contributed by atoms with van der Waals surface area (Å²) in [5, 5.41) is 3.58. The Morgan fingerprint density at radius 2 is 2.17 bits per heavy atom. The summed E-state index contributed by atoms with van der Waals surface area (Å²) in [5.74, 6) is -0.316. The highest BCUT2D eigenvalue weighted by molar-refractivity contribution is 6.30. The van der Waals surface area contributed by atoms with Gasteiger partial charge in [0.1, 0.15) is 5.82 Å². The van der Waals surface area contributed by atoms with Crippen molar-refractivity contribution in [3.8, 4) is 0 Å². The normalized spacial score (nSPS) is 12.7. The van der Waals surface area contributed by atoms with Gasteiger partial charge in [-0.2, -0.15) is 0 Å². The van der Waals surface area contributed by atoms with Gasteiger partial charge in [0.25, 0.3) is 0 Å². The zero-order chi connectivity index (χ0) is 13.4. The summed E-state index contributed by atoms with van der Waals surface area (Å²) in [7, 11) is 1.62. The number of likely N-dealkylation sites (N-methyl/N-ethyl adjacent to an activating group) is 1. The molecule has 0 aliphatic rings. The van der Waals surface area contributed by atoms with Gasteiger partial charge >= 0.3 is 0 Å². The van der Waals surface area contributed by atoms with Crippen LogP contribution in [-0.4, -0.2) is 33.5 Å². The van der Waals surface area contributed by atoms with Gasteiger partial charge in [-0.1, -0.05) is 24.6 Å². The maximum Gasteiger partial charge on any atom is 0.129 e. The first-order valence-corrected chi connectivity index (χ1v) is 6.31. The van der Waals surface area contributed by atoms with E-state index in [1.54, 1.807) is 19.2 Å². The summed E-state index contributed by atoms with van der Waals surface area (Å²) >= 11 is 5.74. The second-order valence-electron chi connectivity index (χ2n) is 3.84. The third-order valence-electron chi connectivity index (χ3n) is 2.50. The summed E-state index contributed by atoms with van der Waals surface area (Å²) in [6.07, 6.45) is 0. The molecule has 0 saturated heterocycles. The fraction of sp³-hybridized carbons (Fsp3) is 0.538. The molecule has 0 spiro atoms. The van der Waals surface area contributed by atoms with Gasteiger partial charge in [-0.3, -0.25) is 0 Å². The second-order valence-corrected chi connectivity index (χ2v) is 4.28. The standard InChI is InChI=1S/C13H19ClFNO2/c1-3-16-13(9-18-7-6-17-2)11-5-4-10(14)8-12(11)15/h4-5,8,13,16H,3,6-7,9H2,1-2H3. The van der Waals surface area contributed by atoms with E-state index in [0.29, 0.717) is 30.4 Å². The molecule has 102 valence electrons. The Balaban J connectivity index is 2.64. The van der Waals surface area contributed by atoms with E-state index in [1.807, 2.05) is 6.92 Å². The number of nitrogens with one attached hydrogen (secondary N) is 1. The van der Waals surface area contributed by atoms with Gasteiger partial charge in [-0.15, -0.1) is 0 Å². The molecule has 0 radical (unpaired) electrons. The average molecular weight is 276 g/mol. The lowest BCUT2D eigenvalue weighted by Gasteiger charge is -2.19. The van der Waals surface area contributed by atoms with E-state index in [1.165, 1.54) is 6.07 Å². The van der Waals surface area contributed by atoms with Gasteiger partial charge in [0, 0.05) is 17.7 Å². The van der Waals surface area contributed by atoms with Crippen LogP contribution in [0.5, 0.6) is 0 Å². The van der Waals surface area contributed by atoms with Crippen LogP contribution in [0.4, 0.5) is 4.39 Å². The molecule has 1 rings (SSSR count). The first-order valence-electron chi connectivity index (χ1n) is 5.94. The van der Waals surface area contributed by atoms with E-state index in [9.17, 15) is 4.39 Å². The molecule has 0 heterocycles. The molecule has 0 bridgehead atoms. The Morgan fingerprint density at radius 3 is 2.78 bits per heavy atom. The molecule has 0 saturated carbocycles. The number of hydrogen-bond donors (Lipinski definition) is 1. The van der Waals surface area contributed by atoms with E-state index < -0.39 is 0 Å². The molecule has 18 heavy (non-hydrogen) atoms. The third kappa shape index (κ3) is 4.90. The van der Waals surface area contributed by atoms with Crippen LogP contribution in [-0.2, 0) is 9.47 Å². The van der Waals surface area contributed by atoms with Gasteiger partial charge in [0.15, 0.2) is 0 Å². The van der Waals surface area contributed by atoms with Crippen LogP contribution < -0.4 is 5.32 Å². The Morgan fingerprint density at radius 1 is 1.39 bits per heavy atom. The zero-order valence-electron chi connectivity index (χ0n) is 10.7. The SMILES string of the molecule is CCNC(COCCOC)c1ccc(Cl)cc1F. The molecule has 3 nitrogen and oxygen atoms in total. The molecule has 1 unspecified atom stereocenters. The van der Waals surface area contributed by atoms with Crippen molar-refractivity contribution in [1.29, 1.82) is 0 Å². The fourth-order valence-corrected chi connectivity index (χ4v) is 1.79. The third-order valence-corrected chi connectivity index (χ3v) is 2.74. The Hall–Kier alpha value is -0.680. The van der Waals surface area contributed by atoms with Crippen LogP contribution in [0.15, 0.2) is 18.2 Å². The topological polar surface area (TPSA) is 30.5 Å². The van der Waals surface area contributed by atoms with Crippen molar-refractivity contribution in [3.05, 3.63) is 34.6 Å². The number of halogens is 2. The molecule has 0 aromatic heterocycles. The average Bonchev–Trinajstić information content (AvgIpc) is 2.34. The van der Waals surface area contributed by atoms with Gasteiger partial charge in [-0.05, 0) is 18.7 Å². The Kier molecular flexibility index (Phi) is 7.20. The number of methoxy groups -OCH3 is 1. The number of rotatable bonds is 8. The van der Waals surface area contributed by atoms with Crippen molar-refractivity contribution in [2.24, 2.45) is 0 Å². The number of benzene rings is 1. The van der Waals surface area contributed by atoms with E-state index >= 15 is 0 Å². The monoisotopic (exact) mass is 275 g/mol. The first kappa shape index (κ1) is 15.4. The summed E-state index contributed by atoms with van der Waals surface area (Å²) in [6, 6.07) is 4.50. The summed E-state index contributed by atoms with van der Waals surface area (Å²) < 4.78 is 24.1. The molecule has 1 aromatic rings. The maximum atomic E-state index is 13.8. The molecule has 0 amide bonds. The lowest BCUT2D eigenvalue weighted by Crippen LogP contribution is -2.26. The smallest absolute Gasteiger partial charge is 0.129 e. The molecular weight excluding hydrogens is 257 g/mol. The van der Waals surface area contributed by atoms with Crippen molar-refractivity contribution in [3.63, 3.8) is 0 Å². The number of hydrogen-bond acceptors (Lipinski definition) is 3. The van der Waals surface area contributed by atoms with Crippen LogP contribution in [0.25, 0.3) is 0 Å². The van der Waals surface area contributed by atoms with Gasteiger partial charge in [-0.25, -0.2) is 4.39 Å². The van der Waals surface area contributed by atoms with Crippen molar-refractivity contribution in [2.75, 3.05) is 33.5 Å². The van der Waals surface area contributed by atoms with E-state index in [0.717, 1.165) is 6.54 Å². The van der Waals surface area contributed by atoms with Crippen molar-refractivity contribution in [1.82, 2.24) is 5.32 Å². The van der Waals surface area contributed by atoms with Crippen LogP contribution >= 0.6 is 11.6 Å². The molecule has 1 atom stereocenters. The van der Waals surface area contributed by atoms with Gasteiger partial charge in [0.05, 0.1) is 25.9 Å². The van der Waals surface area contributed by atoms with Crippen LogP contribution in [0.2, 0.25) is 5.02 Å². The minimum atomic E-state index is -0.316. The highest BCUT2D eigenvalue weighted by atomic mass is 35.5. The quantitative estimate of drug-likeness (QED) is 0.740. The van der Waals surface area contributed by atoms with Crippen LogP contribution in [0, 0.1) is 5.82 Å². The van der Waals surface area contributed by atoms with Crippen molar-refractivity contribution in [2.45, 2.75) is 13.0 Å². The fourth-order valence-electron chi connectivity index (χ4n) is 1.63. The molecule has 1 N–H and O–H groups in total. The van der Waals surface area contributed by atoms with Gasteiger partial charge in [0.2, 0.25) is 0 Å². The Bertz CT molecular complexity index is 363. The first-order chi connectivity index (χ1) is 8.69. The molecular formula is C13H19ClFNO2. The summed E-state index contributed by atoms with van der Waals surface area (Å²) in [5.41, 5.74) is 0.568. The summed E-state index contributed by atoms with van der Waals surface area (Å²) in [4.78, 5) is 0. The number of ether oxygens (including phenoxy) is 2. The molecule has 0 aliphatic heterocycles. The predicted octanol–water partition coefficient (Wildman–Crippen LogP) is 2.79. The second kappa shape index (κ2) is 8.43. The lowest BCUT2D eigenvalue weighted by molar-refractivity contribution is 0.0583. The Labute approximate surface area is 112 Å². The summed E-state index contributed by atoms with van der Waals surface area (Å²) in [6.45, 7) is 4.13. The zero-order valence-corrected chi connectivity index (χ0v) is 11.5.